The van der Waals surface area contributed by atoms with Gasteiger partial charge in [-0.25, -0.2) is 0 Å². The summed E-state index contributed by atoms with van der Waals surface area (Å²) in [5, 5.41) is 0. The fourth-order valence-electron chi connectivity index (χ4n) is 6.01. The fraction of sp³-hybridized carbons (Fsp3) is 0.529. The first-order valence-electron chi connectivity index (χ1n) is 14.4. The summed E-state index contributed by atoms with van der Waals surface area (Å²) in [5.41, 5.74) is 9.55. The van der Waals surface area contributed by atoms with Crippen LogP contribution in [-0.4, -0.2) is 5.43 Å². The average Bonchev–Trinajstić information content (AvgIpc) is 3.47. The Balaban J connectivity index is 1.99. The van der Waals surface area contributed by atoms with Crippen molar-refractivity contribution < 1.29 is 20.4 Å². The van der Waals surface area contributed by atoms with E-state index in [2.05, 4.69) is 104 Å². The van der Waals surface area contributed by atoms with Gasteiger partial charge in [0.1, 0.15) is 0 Å². The average molecular weight is 576 g/mol. The summed E-state index contributed by atoms with van der Waals surface area (Å²) in [4.78, 5) is 0. The molecule has 0 atom stereocenters. The zero-order valence-electron chi connectivity index (χ0n) is 24.3. The molecule has 2 aliphatic rings. The maximum atomic E-state index is 2.57. The first-order chi connectivity index (χ1) is 17.1. The molecule has 0 aromatic heterocycles. The zero-order valence-corrected chi connectivity index (χ0v) is 27.7. The molecule has 2 heteroatoms. The van der Waals surface area contributed by atoms with E-state index in [9.17, 15) is 0 Å². The molecular formula is C34H48SiZr. The van der Waals surface area contributed by atoms with E-state index in [1.807, 2.05) is 6.55 Å². The molecule has 4 rings (SSSR count). The van der Waals surface area contributed by atoms with Gasteiger partial charge in [-0.05, 0) is 0 Å². The van der Waals surface area contributed by atoms with Gasteiger partial charge in [0.15, 0.2) is 0 Å². The SMILES string of the molecule is CCCC[Si](CCCC)=[Zr]([C]1=CC=CC1)[c]1c(C(C)(C)C)ccc2c1Cc1cc(C(C)(C)C)ccc1-2. The Kier molecular flexibility index (Phi) is 8.89. The van der Waals surface area contributed by atoms with Gasteiger partial charge in [-0.2, -0.15) is 0 Å². The predicted molar refractivity (Wildman–Crippen MR) is 159 cm³/mol. The van der Waals surface area contributed by atoms with Crippen LogP contribution in [0.4, 0.5) is 0 Å². The minimum atomic E-state index is -2.08. The number of benzene rings is 2. The van der Waals surface area contributed by atoms with Crippen LogP contribution >= 0.6 is 0 Å². The van der Waals surface area contributed by atoms with E-state index < -0.39 is 20.4 Å². The van der Waals surface area contributed by atoms with E-state index in [1.54, 1.807) is 22.3 Å². The van der Waals surface area contributed by atoms with Crippen molar-refractivity contribution in [3.63, 3.8) is 0 Å². The number of hydrogen-bond acceptors (Lipinski definition) is 0. The minimum absolute atomic E-state index is 0.191. The van der Waals surface area contributed by atoms with Crippen LogP contribution in [-0.2, 0) is 37.6 Å². The molecule has 2 aromatic rings. The maximum absolute atomic E-state index is 2.57. The van der Waals surface area contributed by atoms with Crippen molar-refractivity contribution in [3.8, 4) is 11.1 Å². The molecule has 0 saturated carbocycles. The quantitative estimate of drug-likeness (QED) is 0.235. The molecule has 36 heavy (non-hydrogen) atoms. The van der Waals surface area contributed by atoms with Gasteiger partial charge in [0.2, 0.25) is 0 Å². The second kappa shape index (κ2) is 11.4. The predicted octanol–water partition coefficient (Wildman–Crippen LogP) is 9.53. The third kappa shape index (κ3) is 5.86. The van der Waals surface area contributed by atoms with Crippen LogP contribution < -0.4 is 3.27 Å². The number of allylic oxidation sites excluding steroid dienone is 4. The molecule has 2 aliphatic carbocycles. The molecule has 0 radical (unpaired) electrons. The summed E-state index contributed by atoms with van der Waals surface area (Å²) in [6.07, 6.45) is 15.3. The molecule has 0 bridgehead atoms. The summed E-state index contributed by atoms with van der Waals surface area (Å²) >= 11 is -2.08. The summed E-state index contributed by atoms with van der Waals surface area (Å²) in [5.74, 6) is 0. The van der Waals surface area contributed by atoms with E-state index in [1.165, 1.54) is 55.3 Å². The Morgan fingerprint density at radius 1 is 0.833 bits per heavy atom. The van der Waals surface area contributed by atoms with Gasteiger partial charge in [0.05, 0.1) is 0 Å². The van der Waals surface area contributed by atoms with E-state index in [0.29, 0.717) is 0 Å². The Hall–Kier alpha value is -0.980. The first kappa shape index (κ1) is 28.0. The Morgan fingerprint density at radius 3 is 2.06 bits per heavy atom. The van der Waals surface area contributed by atoms with Crippen molar-refractivity contribution in [2.75, 3.05) is 0 Å². The molecular weight excluding hydrogens is 528 g/mol. The van der Waals surface area contributed by atoms with Crippen molar-refractivity contribution in [1.29, 1.82) is 0 Å². The number of fused-ring (bicyclic) bond motifs is 3. The van der Waals surface area contributed by atoms with Gasteiger partial charge in [0.25, 0.3) is 0 Å². The molecule has 0 amide bonds. The van der Waals surface area contributed by atoms with Crippen LogP contribution in [0.5, 0.6) is 0 Å². The number of hydrogen-bond donors (Lipinski definition) is 0. The van der Waals surface area contributed by atoms with Crippen LogP contribution in [0.15, 0.2) is 51.8 Å². The van der Waals surface area contributed by atoms with Gasteiger partial charge in [0, 0.05) is 0 Å². The van der Waals surface area contributed by atoms with Crippen molar-refractivity contribution >= 4 is 8.70 Å². The molecule has 0 saturated heterocycles. The molecule has 0 aliphatic heterocycles. The van der Waals surface area contributed by atoms with E-state index >= 15 is 0 Å². The van der Waals surface area contributed by atoms with Crippen molar-refractivity contribution in [2.45, 2.75) is 117 Å². The van der Waals surface area contributed by atoms with Crippen LogP contribution in [0.25, 0.3) is 11.1 Å². The van der Waals surface area contributed by atoms with E-state index in [0.717, 1.165) is 6.42 Å². The van der Waals surface area contributed by atoms with Crippen molar-refractivity contribution in [1.82, 2.24) is 0 Å². The second-order valence-corrected chi connectivity index (χ2v) is 28.1. The van der Waals surface area contributed by atoms with Gasteiger partial charge in [-0.1, -0.05) is 0 Å². The first-order valence-corrected chi connectivity index (χ1v) is 22.5. The standard InChI is InChI=1S/C21H25.C8H18Si.C5H5.Zr/c1-20(2,3)16-7-9-18-14(12-16)11-15-13-17(21(4,5)6)8-10-19(15)18;1-3-5-7-9-8-6-4-2;1-2-4-5-3-1;/h7-10,12H,11H2,1-6H3;3-8H2,1-2H3;1-3H,4H2;. The summed E-state index contributed by atoms with van der Waals surface area (Å²) < 4.78 is 3.82. The normalized spacial score (nSPS) is 14.6. The number of rotatable bonds is 8. The Labute approximate surface area is 229 Å². The second-order valence-electron chi connectivity index (χ2n) is 13.1. The monoisotopic (exact) mass is 574 g/mol. The zero-order chi connectivity index (χ0) is 26.1. The molecule has 0 nitrogen and oxygen atoms in total. The Morgan fingerprint density at radius 2 is 1.50 bits per heavy atom. The molecule has 0 unspecified atom stereocenters. The third-order valence-electron chi connectivity index (χ3n) is 8.11. The van der Waals surface area contributed by atoms with Crippen LogP contribution in [0.1, 0.15) is 110 Å². The number of unbranched alkanes of at least 4 members (excludes halogenated alkanes) is 2. The summed E-state index contributed by atoms with van der Waals surface area (Å²) in [7, 11) is 0. The van der Waals surface area contributed by atoms with E-state index in [4.69, 9.17) is 0 Å². The van der Waals surface area contributed by atoms with Gasteiger partial charge in [-0.3, -0.25) is 0 Å². The van der Waals surface area contributed by atoms with Crippen molar-refractivity contribution in [3.05, 3.63) is 74.1 Å². The van der Waals surface area contributed by atoms with Gasteiger partial charge in [-0.15, -0.1) is 0 Å². The van der Waals surface area contributed by atoms with E-state index in [-0.39, 0.29) is 16.3 Å². The third-order valence-corrected chi connectivity index (χ3v) is 28.1. The molecule has 2 aromatic carbocycles. The molecule has 0 heterocycles. The molecule has 0 N–H and O–H groups in total. The van der Waals surface area contributed by atoms with Crippen LogP contribution in [0.3, 0.4) is 0 Å². The molecule has 0 spiro atoms. The molecule has 192 valence electrons. The van der Waals surface area contributed by atoms with Crippen LogP contribution in [0, 0.1) is 0 Å². The van der Waals surface area contributed by atoms with Crippen molar-refractivity contribution in [2.24, 2.45) is 0 Å². The van der Waals surface area contributed by atoms with Gasteiger partial charge < -0.3 is 0 Å². The Bertz CT molecular complexity index is 1200. The topological polar surface area (TPSA) is 0 Å². The molecule has 0 fully saturated rings. The fourth-order valence-corrected chi connectivity index (χ4v) is 29.5. The summed E-state index contributed by atoms with van der Waals surface area (Å²) in [6, 6.07) is 15.5. The summed E-state index contributed by atoms with van der Waals surface area (Å²) in [6.45, 7) is 19.2. The van der Waals surface area contributed by atoms with Gasteiger partial charge >= 0.3 is 231 Å². The van der Waals surface area contributed by atoms with Crippen LogP contribution in [0.2, 0.25) is 12.1 Å².